The van der Waals surface area contributed by atoms with Gasteiger partial charge in [0.25, 0.3) is 0 Å². The second-order valence-electron chi connectivity index (χ2n) is 3.14. The fraction of sp³-hybridized carbons (Fsp3) is 1.00. The van der Waals surface area contributed by atoms with Gasteiger partial charge in [0, 0.05) is 6.54 Å². The maximum absolute atomic E-state index is 13.1. The molecule has 0 radical (unpaired) electrons. The van der Waals surface area contributed by atoms with Gasteiger partial charge in [0.1, 0.15) is 0 Å². The molecule has 1 rings (SSSR count). The highest BCUT2D eigenvalue weighted by Gasteiger charge is 2.24. The molecule has 0 aromatic carbocycles. The van der Waals surface area contributed by atoms with Crippen molar-refractivity contribution < 1.29 is 4.39 Å². The first-order chi connectivity index (χ1) is 5.25. The topological polar surface area (TPSA) is 29.3 Å². The third-order valence-electron chi connectivity index (χ3n) is 2.29. The molecular weight excluding hydrogens is 143 g/mol. The standard InChI is InChI=1S/C8H17FN2/c1-2-7(9)11-6-4-3-5-8(11)10/h7-8H,2-6,10H2,1H3. The van der Waals surface area contributed by atoms with Gasteiger partial charge in [-0.05, 0) is 25.7 Å². The molecule has 2 unspecified atom stereocenters. The number of nitrogens with zero attached hydrogens (tertiary/aromatic N) is 1. The fourth-order valence-electron chi connectivity index (χ4n) is 1.56. The smallest absolute Gasteiger partial charge is 0.154 e. The van der Waals surface area contributed by atoms with Crippen molar-refractivity contribution in [1.29, 1.82) is 0 Å². The van der Waals surface area contributed by atoms with Gasteiger partial charge in [0.2, 0.25) is 0 Å². The minimum absolute atomic E-state index is 0.0429. The summed E-state index contributed by atoms with van der Waals surface area (Å²) in [5.74, 6) is 0. The molecule has 2 nitrogen and oxygen atoms in total. The zero-order valence-electron chi connectivity index (χ0n) is 7.09. The molecule has 1 fully saturated rings. The van der Waals surface area contributed by atoms with E-state index in [-0.39, 0.29) is 6.17 Å². The van der Waals surface area contributed by atoms with Gasteiger partial charge < -0.3 is 5.73 Å². The molecule has 0 aromatic rings. The Morgan fingerprint density at radius 3 is 2.91 bits per heavy atom. The zero-order chi connectivity index (χ0) is 8.27. The van der Waals surface area contributed by atoms with Crippen LogP contribution in [0.5, 0.6) is 0 Å². The summed E-state index contributed by atoms with van der Waals surface area (Å²) in [6, 6.07) is 0. The monoisotopic (exact) mass is 160 g/mol. The van der Waals surface area contributed by atoms with Crippen molar-refractivity contribution in [2.75, 3.05) is 6.54 Å². The highest BCUT2D eigenvalue weighted by molar-refractivity contribution is 4.73. The van der Waals surface area contributed by atoms with Crippen molar-refractivity contribution in [3.63, 3.8) is 0 Å². The van der Waals surface area contributed by atoms with Crippen LogP contribution in [0.4, 0.5) is 4.39 Å². The summed E-state index contributed by atoms with van der Waals surface area (Å²) < 4.78 is 13.1. The van der Waals surface area contributed by atoms with Gasteiger partial charge >= 0.3 is 0 Å². The maximum Gasteiger partial charge on any atom is 0.154 e. The van der Waals surface area contributed by atoms with E-state index >= 15 is 0 Å². The largest absolute Gasteiger partial charge is 0.316 e. The molecule has 66 valence electrons. The number of rotatable bonds is 2. The lowest BCUT2D eigenvalue weighted by atomic mass is 10.1. The van der Waals surface area contributed by atoms with Crippen LogP contribution in [0.3, 0.4) is 0 Å². The van der Waals surface area contributed by atoms with Crippen LogP contribution >= 0.6 is 0 Å². The zero-order valence-corrected chi connectivity index (χ0v) is 7.09. The van der Waals surface area contributed by atoms with Crippen LogP contribution in [0.2, 0.25) is 0 Å². The fourth-order valence-corrected chi connectivity index (χ4v) is 1.56. The van der Waals surface area contributed by atoms with Crippen molar-refractivity contribution >= 4 is 0 Å². The van der Waals surface area contributed by atoms with E-state index in [1.807, 2.05) is 6.92 Å². The molecule has 1 aliphatic rings. The number of halogens is 1. The molecule has 11 heavy (non-hydrogen) atoms. The molecular formula is C8H17FN2. The molecule has 0 aromatic heterocycles. The van der Waals surface area contributed by atoms with Crippen molar-refractivity contribution in [2.24, 2.45) is 5.73 Å². The number of alkyl halides is 1. The van der Waals surface area contributed by atoms with Crippen LogP contribution < -0.4 is 5.73 Å². The normalized spacial score (nSPS) is 30.3. The first kappa shape index (κ1) is 8.94. The lowest BCUT2D eigenvalue weighted by Gasteiger charge is -2.34. The first-order valence-electron chi connectivity index (χ1n) is 4.41. The molecule has 1 heterocycles. The Morgan fingerprint density at radius 2 is 2.36 bits per heavy atom. The molecule has 1 saturated heterocycles. The average Bonchev–Trinajstić information content (AvgIpc) is 2.04. The molecule has 2 atom stereocenters. The van der Waals surface area contributed by atoms with E-state index in [1.54, 1.807) is 4.90 Å². The van der Waals surface area contributed by atoms with Gasteiger partial charge in [-0.1, -0.05) is 6.92 Å². The number of piperidine rings is 1. The molecule has 2 N–H and O–H groups in total. The van der Waals surface area contributed by atoms with E-state index in [4.69, 9.17) is 5.73 Å². The number of likely N-dealkylation sites (tertiary alicyclic amines) is 1. The minimum Gasteiger partial charge on any atom is -0.316 e. The Balaban J connectivity index is 2.40. The van der Waals surface area contributed by atoms with E-state index in [1.165, 1.54) is 0 Å². The average molecular weight is 160 g/mol. The van der Waals surface area contributed by atoms with E-state index in [0.29, 0.717) is 6.42 Å². The lowest BCUT2D eigenvalue weighted by molar-refractivity contribution is 0.0183. The van der Waals surface area contributed by atoms with Gasteiger partial charge in [-0.25, -0.2) is 4.39 Å². The Hall–Kier alpha value is -0.150. The van der Waals surface area contributed by atoms with Gasteiger partial charge in [0.15, 0.2) is 6.30 Å². The van der Waals surface area contributed by atoms with Gasteiger partial charge in [-0.2, -0.15) is 0 Å². The van der Waals surface area contributed by atoms with E-state index in [0.717, 1.165) is 25.8 Å². The Morgan fingerprint density at radius 1 is 1.64 bits per heavy atom. The molecule has 0 spiro atoms. The highest BCUT2D eigenvalue weighted by Crippen LogP contribution is 2.18. The third kappa shape index (κ3) is 2.14. The molecule has 3 heteroatoms. The minimum atomic E-state index is -0.828. The summed E-state index contributed by atoms with van der Waals surface area (Å²) in [7, 11) is 0. The Bertz CT molecular complexity index is 115. The van der Waals surface area contributed by atoms with Crippen LogP contribution in [0.25, 0.3) is 0 Å². The molecule has 0 saturated carbocycles. The van der Waals surface area contributed by atoms with Crippen LogP contribution in [-0.2, 0) is 0 Å². The van der Waals surface area contributed by atoms with Gasteiger partial charge in [-0.15, -0.1) is 0 Å². The summed E-state index contributed by atoms with van der Waals surface area (Å²) in [5.41, 5.74) is 5.74. The third-order valence-corrected chi connectivity index (χ3v) is 2.29. The van der Waals surface area contributed by atoms with Gasteiger partial charge in [0.05, 0.1) is 6.17 Å². The van der Waals surface area contributed by atoms with E-state index in [2.05, 4.69) is 0 Å². The van der Waals surface area contributed by atoms with Crippen molar-refractivity contribution in [3.05, 3.63) is 0 Å². The predicted octanol–water partition coefficient (Wildman–Crippen LogP) is 1.46. The summed E-state index contributed by atoms with van der Waals surface area (Å²) in [4.78, 5) is 1.77. The van der Waals surface area contributed by atoms with Crippen molar-refractivity contribution in [2.45, 2.75) is 45.1 Å². The Kier molecular flexibility index (Phi) is 3.27. The summed E-state index contributed by atoms with van der Waals surface area (Å²) >= 11 is 0. The maximum atomic E-state index is 13.1. The first-order valence-corrected chi connectivity index (χ1v) is 4.41. The predicted molar refractivity (Wildman–Crippen MR) is 43.7 cm³/mol. The number of nitrogens with two attached hydrogens (primary N) is 1. The second kappa shape index (κ2) is 4.02. The van der Waals surface area contributed by atoms with Crippen LogP contribution in [-0.4, -0.2) is 23.9 Å². The molecule has 0 amide bonds. The summed E-state index contributed by atoms with van der Waals surface area (Å²) in [6.45, 7) is 2.68. The van der Waals surface area contributed by atoms with Crippen molar-refractivity contribution in [1.82, 2.24) is 4.90 Å². The lowest BCUT2D eigenvalue weighted by Crippen LogP contribution is -2.49. The van der Waals surface area contributed by atoms with E-state index < -0.39 is 6.30 Å². The van der Waals surface area contributed by atoms with Crippen molar-refractivity contribution in [3.8, 4) is 0 Å². The number of hydrogen-bond donors (Lipinski definition) is 1. The van der Waals surface area contributed by atoms with Crippen LogP contribution in [0.15, 0.2) is 0 Å². The summed E-state index contributed by atoms with van der Waals surface area (Å²) in [5, 5.41) is 0. The van der Waals surface area contributed by atoms with E-state index in [9.17, 15) is 4.39 Å². The summed E-state index contributed by atoms with van der Waals surface area (Å²) in [6.07, 6.45) is 2.86. The second-order valence-corrected chi connectivity index (χ2v) is 3.14. The SMILES string of the molecule is CCC(F)N1CCCCC1N. The highest BCUT2D eigenvalue weighted by atomic mass is 19.1. The number of hydrogen-bond acceptors (Lipinski definition) is 2. The Labute approximate surface area is 67.6 Å². The molecule has 0 bridgehead atoms. The van der Waals surface area contributed by atoms with Crippen LogP contribution in [0, 0.1) is 0 Å². The van der Waals surface area contributed by atoms with Crippen LogP contribution in [0.1, 0.15) is 32.6 Å². The quantitative estimate of drug-likeness (QED) is 0.620. The molecule has 0 aliphatic carbocycles. The molecule has 1 aliphatic heterocycles. The van der Waals surface area contributed by atoms with Gasteiger partial charge in [-0.3, -0.25) is 4.90 Å².